The predicted octanol–water partition coefficient (Wildman–Crippen LogP) is 3.84. The lowest BCUT2D eigenvalue weighted by atomic mass is 9.83. The van der Waals surface area contributed by atoms with Crippen LogP contribution in [0.5, 0.6) is 5.75 Å². The van der Waals surface area contributed by atoms with Crippen molar-refractivity contribution in [3.8, 4) is 5.75 Å². The Bertz CT molecular complexity index is 1330. The van der Waals surface area contributed by atoms with Crippen LogP contribution in [0, 0.1) is 13.8 Å². The summed E-state index contributed by atoms with van der Waals surface area (Å²) < 4.78 is 14.6. The number of hydrogen-bond donors (Lipinski definition) is 3. The molecule has 2 aromatic carbocycles. The maximum absolute atomic E-state index is 14.6. The highest BCUT2D eigenvalue weighted by molar-refractivity contribution is 6.71. The first-order chi connectivity index (χ1) is 16.1. The number of benzene rings is 2. The lowest BCUT2D eigenvalue weighted by Gasteiger charge is -2.30. The van der Waals surface area contributed by atoms with Crippen LogP contribution < -0.4 is 10.4 Å². The van der Waals surface area contributed by atoms with Crippen molar-refractivity contribution >= 4 is 34.6 Å². The van der Waals surface area contributed by atoms with Gasteiger partial charge in [0.2, 0.25) is 0 Å². The van der Waals surface area contributed by atoms with Gasteiger partial charge >= 0.3 is 11.9 Å². The molecule has 1 aliphatic carbocycles. The molecule has 1 unspecified atom stereocenters. The van der Waals surface area contributed by atoms with Crippen molar-refractivity contribution in [2.75, 3.05) is 5.01 Å². The molecule has 4 rings (SSSR count). The van der Waals surface area contributed by atoms with Crippen LogP contribution in [0.1, 0.15) is 30.0 Å². The Hall–Kier alpha value is -4.27. The molecular weight excluding hydrogens is 439 g/mol. The third-order valence-electron chi connectivity index (χ3n) is 5.96. The number of carboxylic acid groups (broad SMARTS) is 1. The fourth-order valence-corrected chi connectivity index (χ4v) is 3.78. The van der Waals surface area contributed by atoms with Crippen LogP contribution in [0.3, 0.4) is 0 Å². The van der Waals surface area contributed by atoms with Gasteiger partial charge in [-0.1, -0.05) is 24.3 Å². The molecule has 1 amide bonds. The largest absolute Gasteiger partial charge is 0.507 e. The number of para-hydroxylation sites is 1. The number of nitrogens with one attached hydrogen (secondary N) is 1. The van der Waals surface area contributed by atoms with E-state index >= 15 is 0 Å². The van der Waals surface area contributed by atoms with Crippen molar-refractivity contribution in [1.82, 2.24) is 5.43 Å². The summed E-state index contributed by atoms with van der Waals surface area (Å²) in [6.45, 7) is 5.48. The number of phenols is 1. The summed E-state index contributed by atoms with van der Waals surface area (Å²) in [5.74, 6) is -2.68. The number of carboxylic acids is 1. The fourth-order valence-electron chi connectivity index (χ4n) is 3.78. The van der Waals surface area contributed by atoms with Crippen molar-refractivity contribution in [1.29, 1.82) is 0 Å². The van der Waals surface area contributed by atoms with Gasteiger partial charge in [-0.2, -0.15) is 15.2 Å². The molecule has 2 aliphatic rings. The molecule has 2 aromatic rings. The molecule has 0 radical (unpaired) electrons. The Morgan fingerprint density at radius 1 is 1.18 bits per heavy atom. The van der Waals surface area contributed by atoms with Crippen LogP contribution >= 0.6 is 0 Å². The highest BCUT2D eigenvalue weighted by Gasteiger charge is 2.41. The quantitative estimate of drug-likeness (QED) is 0.584. The number of hydrogen-bond acceptors (Lipinski definition) is 6. The molecule has 0 fully saturated rings. The van der Waals surface area contributed by atoms with E-state index < -0.39 is 23.2 Å². The summed E-state index contributed by atoms with van der Waals surface area (Å²) in [5.41, 5.74) is 3.79. The Morgan fingerprint density at radius 2 is 1.91 bits per heavy atom. The number of rotatable bonds is 5. The van der Waals surface area contributed by atoms with Gasteiger partial charge < -0.3 is 10.2 Å². The van der Waals surface area contributed by atoms with Gasteiger partial charge in [-0.15, -0.1) is 0 Å². The zero-order valence-corrected chi connectivity index (χ0v) is 18.8. The normalized spacial score (nSPS) is 21.3. The van der Waals surface area contributed by atoms with E-state index in [0.717, 1.165) is 23.3 Å². The van der Waals surface area contributed by atoms with Gasteiger partial charge in [0.05, 0.1) is 11.4 Å². The summed E-state index contributed by atoms with van der Waals surface area (Å²) >= 11 is 0. The number of carbonyl (C=O) groups excluding carboxylic acids is 1. The standard InChI is InChI=1S/C25H23FN4O4/c1-14-8-9-17(12-15(14)2)30-23(32)22(16(3)28-30)27-29-25(24(33)34)11-10-20(26)19(13-25)18-6-4-5-7-21(18)31/h4-12,29,31H,13H2,1-3H3,(H,33,34). The molecule has 9 heteroatoms. The molecule has 1 aliphatic heterocycles. The average Bonchev–Trinajstić information content (AvgIpc) is 3.09. The number of anilines is 1. The van der Waals surface area contributed by atoms with Gasteiger partial charge in [0, 0.05) is 17.6 Å². The minimum Gasteiger partial charge on any atom is -0.507 e. The molecule has 0 spiro atoms. The smallest absolute Gasteiger partial charge is 0.335 e. The zero-order chi connectivity index (χ0) is 24.6. The Balaban J connectivity index is 1.64. The number of aryl methyl sites for hydroxylation is 2. The highest BCUT2D eigenvalue weighted by atomic mass is 19.1. The summed E-state index contributed by atoms with van der Waals surface area (Å²) in [6.07, 6.45) is 1.82. The highest BCUT2D eigenvalue weighted by Crippen LogP contribution is 2.38. The van der Waals surface area contributed by atoms with E-state index in [1.165, 1.54) is 17.1 Å². The first kappa shape index (κ1) is 22.9. The number of hydrazone groups is 2. The van der Waals surface area contributed by atoms with E-state index in [2.05, 4.69) is 15.6 Å². The van der Waals surface area contributed by atoms with Crippen LogP contribution in [0.15, 0.2) is 70.6 Å². The third kappa shape index (κ3) is 3.96. The summed E-state index contributed by atoms with van der Waals surface area (Å²) in [7, 11) is 0. The molecule has 0 saturated carbocycles. The number of phenolic OH excluding ortho intramolecular Hbond substituents is 1. The number of amides is 1. The average molecular weight is 462 g/mol. The second-order valence-corrected chi connectivity index (χ2v) is 8.27. The fraction of sp³-hybridized carbons (Fsp3) is 0.200. The lowest BCUT2D eigenvalue weighted by molar-refractivity contribution is -0.142. The number of nitrogens with zero attached hydrogens (tertiary/aromatic N) is 3. The zero-order valence-electron chi connectivity index (χ0n) is 18.8. The van der Waals surface area contributed by atoms with Crippen molar-refractivity contribution < 1.29 is 24.2 Å². The van der Waals surface area contributed by atoms with Gasteiger partial charge in [-0.25, -0.2) is 9.18 Å². The second kappa shape index (κ2) is 8.58. The van der Waals surface area contributed by atoms with Gasteiger partial charge in [-0.3, -0.25) is 10.2 Å². The molecule has 1 heterocycles. The monoisotopic (exact) mass is 462 g/mol. The lowest BCUT2D eigenvalue weighted by Crippen LogP contribution is -2.50. The SMILES string of the molecule is CC1=NN(c2ccc(C)c(C)c2)C(=O)C1=NNC1(C(=O)O)C=CC(F)=C(c2ccccc2O)C1. The van der Waals surface area contributed by atoms with Crippen LogP contribution in [0.25, 0.3) is 5.57 Å². The Morgan fingerprint density at radius 3 is 2.59 bits per heavy atom. The van der Waals surface area contributed by atoms with E-state index in [1.54, 1.807) is 25.1 Å². The topological polar surface area (TPSA) is 115 Å². The maximum atomic E-state index is 14.6. The molecule has 34 heavy (non-hydrogen) atoms. The van der Waals surface area contributed by atoms with Gasteiger partial charge in [0.15, 0.2) is 11.3 Å². The Kier molecular flexibility index (Phi) is 5.78. The number of aliphatic carboxylic acids is 1. The van der Waals surface area contributed by atoms with Gasteiger partial charge in [0.25, 0.3) is 0 Å². The Labute approximate surface area is 195 Å². The molecule has 8 nitrogen and oxygen atoms in total. The van der Waals surface area contributed by atoms with Crippen LogP contribution in [0.2, 0.25) is 0 Å². The molecular formula is C25H23FN4O4. The van der Waals surface area contributed by atoms with E-state index in [0.29, 0.717) is 11.4 Å². The molecule has 0 bridgehead atoms. The van der Waals surface area contributed by atoms with Crippen molar-refractivity contribution in [3.63, 3.8) is 0 Å². The molecule has 0 saturated heterocycles. The van der Waals surface area contributed by atoms with E-state index in [9.17, 15) is 24.2 Å². The minimum absolute atomic E-state index is 0.00981. The van der Waals surface area contributed by atoms with Crippen molar-refractivity contribution in [3.05, 3.63) is 77.1 Å². The second-order valence-electron chi connectivity index (χ2n) is 8.27. The van der Waals surface area contributed by atoms with E-state index in [1.807, 2.05) is 26.0 Å². The van der Waals surface area contributed by atoms with Crippen LogP contribution in [-0.2, 0) is 9.59 Å². The maximum Gasteiger partial charge on any atom is 0.335 e. The summed E-state index contributed by atoms with van der Waals surface area (Å²) in [6, 6.07) is 11.6. The van der Waals surface area contributed by atoms with Crippen molar-refractivity contribution in [2.45, 2.75) is 32.7 Å². The molecule has 1 atom stereocenters. The third-order valence-corrected chi connectivity index (χ3v) is 5.96. The van der Waals surface area contributed by atoms with Crippen LogP contribution in [-0.4, -0.2) is 39.1 Å². The predicted molar refractivity (Wildman–Crippen MR) is 127 cm³/mol. The van der Waals surface area contributed by atoms with Gasteiger partial charge in [-0.05, 0) is 62.2 Å². The molecule has 3 N–H and O–H groups in total. The molecule has 174 valence electrons. The first-order valence-corrected chi connectivity index (χ1v) is 10.5. The van der Waals surface area contributed by atoms with Crippen LogP contribution in [0.4, 0.5) is 10.1 Å². The summed E-state index contributed by atoms with van der Waals surface area (Å²) in [5, 5.41) is 29.7. The first-order valence-electron chi connectivity index (χ1n) is 10.5. The van der Waals surface area contributed by atoms with E-state index in [-0.39, 0.29) is 29.0 Å². The summed E-state index contributed by atoms with van der Waals surface area (Å²) in [4.78, 5) is 25.3. The minimum atomic E-state index is -1.84. The number of allylic oxidation sites excluding steroid dienone is 2. The van der Waals surface area contributed by atoms with Crippen molar-refractivity contribution in [2.24, 2.45) is 10.2 Å². The number of halogens is 1. The number of carbonyl (C=O) groups is 2. The molecule has 0 aromatic heterocycles. The number of aromatic hydroxyl groups is 1. The van der Waals surface area contributed by atoms with Gasteiger partial charge in [0.1, 0.15) is 11.6 Å². The van der Waals surface area contributed by atoms with E-state index in [4.69, 9.17) is 0 Å².